The number of benzene rings is 1. The molecule has 1 spiro atoms. The van der Waals surface area contributed by atoms with Gasteiger partial charge in [0, 0.05) is 50.2 Å². The van der Waals surface area contributed by atoms with Gasteiger partial charge in [0.1, 0.15) is 5.75 Å². The Morgan fingerprint density at radius 1 is 1.30 bits per heavy atom. The van der Waals surface area contributed by atoms with Crippen LogP contribution < -0.4 is 15.4 Å². The number of likely N-dealkylation sites (N-methyl/N-ethyl adjacent to an activating group) is 1. The van der Waals surface area contributed by atoms with Crippen molar-refractivity contribution in [3.8, 4) is 5.75 Å². The number of carbonyl (C=O) groups excluding carboxylic acids is 2. The highest BCUT2D eigenvalue weighted by molar-refractivity contribution is 5.78. The van der Waals surface area contributed by atoms with Crippen molar-refractivity contribution in [3.05, 3.63) is 29.8 Å². The van der Waals surface area contributed by atoms with Crippen LogP contribution in [0.3, 0.4) is 0 Å². The van der Waals surface area contributed by atoms with Gasteiger partial charge in [-0.15, -0.1) is 0 Å². The highest BCUT2D eigenvalue weighted by atomic mass is 16.5. The summed E-state index contributed by atoms with van der Waals surface area (Å²) in [5.41, 5.74) is 0.942. The minimum absolute atomic E-state index is 0.0171. The van der Waals surface area contributed by atoms with Gasteiger partial charge in [-0.25, -0.2) is 0 Å². The Morgan fingerprint density at radius 3 is 2.93 bits per heavy atom. The van der Waals surface area contributed by atoms with Crippen LogP contribution >= 0.6 is 0 Å². The maximum atomic E-state index is 12.5. The molecular formula is C20H30N4O3. The second-order valence-electron chi connectivity index (χ2n) is 7.55. The summed E-state index contributed by atoms with van der Waals surface area (Å²) in [6.45, 7) is 4.14. The molecule has 0 radical (unpaired) electrons. The minimum atomic E-state index is -0.0274. The van der Waals surface area contributed by atoms with Crippen molar-refractivity contribution in [2.45, 2.75) is 31.3 Å². The van der Waals surface area contributed by atoms with Gasteiger partial charge in [0.25, 0.3) is 0 Å². The molecule has 1 aromatic rings. The molecule has 1 aromatic carbocycles. The maximum Gasteiger partial charge on any atom is 0.234 e. The van der Waals surface area contributed by atoms with Crippen LogP contribution in [-0.2, 0) is 16.1 Å². The first-order valence-corrected chi connectivity index (χ1v) is 9.61. The van der Waals surface area contributed by atoms with Gasteiger partial charge < -0.3 is 15.4 Å². The van der Waals surface area contributed by atoms with E-state index in [0.717, 1.165) is 43.8 Å². The van der Waals surface area contributed by atoms with Gasteiger partial charge in [0.05, 0.1) is 13.7 Å². The van der Waals surface area contributed by atoms with E-state index in [1.54, 1.807) is 7.11 Å². The van der Waals surface area contributed by atoms with Crippen LogP contribution in [0, 0.1) is 0 Å². The molecule has 2 N–H and O–H groups in total. The van der Waals surface area contributed by atoms with Crippen LogP contribution in [0.4, 0.5) is 0 Å². The van der Waals surface area contributed by atoms with E-state index in [9.17, 15) is 9.59 Å². The van der Waals surface area contributed by atoms with Crippen molar-refractivity contribution in [1.82, 2.24) is 20.4 Å². The monoisotopic (exact) mass is 374 g/mol. The fraction of sp³-hybridized carbons (Fsp3) is 0.600. The molecule has 2 aliphatic heterocycles. The van der Waals surface area contributed by atoms with E-state index < -0.39 is 0 Å². The summed E-state index contributed by atoms with van der Waals surface area (Å²) in [5.74, 6) is 0.933. The predicted octanol–water partition coefficient (Wildman–Crippen LogP) is 0.598. The molecule has 0 aromatic heterocycles. The lowest BCUT2D eigenvalue weighted by molar-refractivity contribution is -0.124. The first-order chi connectivity index (χ1) is 13.0. The van der Waals surface area contributed by atoms with Crippen molar-refractivity contribution in [2.75, 3.05) is 46.9 Å². The number of nitrogens with one attached hydrogen (secondary N) is 2. The lowest BCUT2D eigenvalue weighted by Crippen LogP contribution is -2.62. The average Bonchev–Trinajstić information content (AvgIpc) is 2.85. The van der Waals surface area contributed by atoms with Crippen LogP contribution in [0.25, 0.3) is 0 Å². The van der Waals surface area contributed by atoms with E-state index in [2.05, 4.69) is 27.5 Å². The Bertz CT molecular complexity index is 681. The van der Waals surface area contributed by atoms with E-state index in [1.165, 1.54) is 0 Å². The number of rotatable bonds is 5. The molecule has 2 fully saturated rings. The molecular weight excluding hydrogens is 344 g/mol. The zero-order chi connectivity index (χ0) is 19.3. The highest BCUT2D eigenvalue weighted by Gasteiger charge is 2.41. The molecule has 0 aliphatic carbocycles. The number of ether oxygens (including phenoxy) is 1. The molecule has 148 valence electrons. The second-order valence-corrected chi connectivity index (χ2v) is 7.55. The average molecular weight is 374 g/mol. The predicted molar refractivity (Wildman–Crippen MR) is 104 cm³/mol. The minimum Gasteiger partial charge on any atom is -0.496 e. The van der Waals surface area contributed by atoms with Crippen molar-refractivity contribution < 1.29 is 14.3 Å². The van der Waals surface area contributed by atoms with Gasteiger partial charge in [-0.2, -0.15) is 0 Å². The molecule has 7 heteroatoms. The number of hydrogen-bond donors (Lipinski definition) is 2. The van der Waals surface area contributed by atoms with Gasteiger partial charge >= 0.3 is 0 Å². The zero-order valence-corrected chi connectivity index (χ0v) is 16.3. The third-order valence-corrected chi connectivity index (χ3v) is 5.85. The summed E-state index contributed by atoms with van der Waals surface area (Å²) in [7, 11) is 3.77. The first-order valence-electron chi connectivity index (χ1n) is 9.61. The molecule has 0 unspecified atom stereocenters. The number of piperazine rings is 1. The van der Waals surface area contributed by atoms with E-state index in [-0.39, 0.29) is 17.4 Å². The van der Waals surface area contributed by atoms with Crippen LogP contribution in [0.5, 0.6) is 5.75 Å². The van der Waals surface area contributed by atoms with Crippen molar-refractivity contribution >= 4 is 11.8 Å². The fourth-order valence-corrected chi connectivity index (χ4v) is 4.12. The van der Waals surface area contributed by atoms with Crippen LogP contribution in [0.1, 0.15) is 24.8 Å². The van der Waals surface area contributed by atoms with E-state index >= 15 is 0 Å². The van der Waals surface area contributed by atoms with Gasteiger partial charge in [-0.3, -0.25) is 19.4 Å². The third-order valence-electron chi connectivity index (χ3n) is 5.85. The quantitative estimate of drug-likeness (QED) is 0.790. The number of carbonyl (C=O) groups is 2. The lowest BCUT2D eigenvalue weighted by Gasteiger charge is -2.49. The highest BCUT2D eigenvalue weighted by Crippen LogP contribution is 2.30. The van der Waals surface area contributed by atoms with E-state index in [1.807, 2.05) is 24.3 Å². The number of amides is 2. The van der Waals surface area contributed by atoms with Gasteiger partial charge in [0.2, 0.25) is 11.8 Å². The van der Waals surface area contributed by atoms with Crippen molar-refractivity contribution in [1.29, 1.82) is 0 Å². The topological polar surface area (TPSA) is 73.9 Å². The Kier molecular flexibility index (Phi) is 6.34. The number of nitrogens with zero attached hydrogens (tertiary/aromatic N) is 2. The largest absolute Gasteiger partial charge is 0.496 e. The normalized spacial score (nSPS) is 24.3. The summed E-state index contributed by atoms with van der Waals surface area (Å²) in [4.78, 5) is 28.8. The van der Waals surface area contributed by atoms with E-state index in [0.29, 0.717) is 26.1 Å². The lowest BCUT2D eigenvalue weighted by atomic mass is 9.86. The Hall–Kier alpha value is -2.12. The molecule has 2 saturated heterocycles. The Morgan fingerprint density at radius 2 is 2.11 bits per heavy atom. The summed E-state index contributed by atoms with van der Waals surface area (Å²) >= 11 is 0. The fourth-order valence-electron chi connectivity index (χ4n) is 4.12. The van der Waals surface area contributed by atoms with E-state index in [4.69, 9.17) is 4.74 Å². The smallest absolute Gasteiger partial charge is 0.234 e. The van der Waals surface area contributed by atoms with Crippen LogP contribution in [-0.4, -0.2) is 74.0 Å². The molecule has 2 aliphatic rings. The summed E-state index contributed by atoms with van der Waals surface area (Å²) in [6, 6.07) is 7.71. The summed E-state index contributed by atoms with van der Waals surface area (Å²) in [6.07, 6.45) is 2.32. The van der Waals surface area contributed by atoms with Crippen molar-refractivity contribution in [3.63, 3.8) is 0 Å². The molecule has 0 bridgehead atoms. The molecule has 27 heavy (non-hydrogen) atoms. The Labute approximate surface area is 161 Å². The molecule has 7 nitrogen and oxygen atoms in total. The molecule has 2 amide bonds. The standard InChI is InChI=1S/C20H30N4O3/c1-23-11-12-24(15-20(23)8-7-18(25)21-10-9-20)14-19(26)22-13-16-5-3-4-6-17(16)27-2/h3-6H,7-15H2,1-2H3,(H,21,25)(H,22,26)/t20-/m0/s1. The molecule has 3 rings (SSSR count). The summed E-state index contributed by atoms with van der Waals surface area (Å²) < 4.78 is 5.33. The molecule has 2 heterocycles. The number of methoxy groups -OCH3 is 1. The zero-order valence-electron chi connectivity index (χ0n) is 16.3. The first kappa shape index (κ1) is 19.6. The van der Waals surface area contributed by atoms with Crippen LogP contribution in [0.2, 0.25) is 0 Å². The van der Waals surface area contributed by atoms with Crippen molar-refractivity contribution in [2.24, 2.45) is 0 Å². The second kappa shape index (κ2) is 8.71. The van der Waals surface area contributed by atoms with Crippen LogP contribution in [0.15, 0.2) is 24.3 Å². The van der Waals surface area contributed by atoms with Gasteiger partial charge in [-0.05, 0) is 26.0 Å². The maximum absolute atomic E-state index is 12.5. The number of para-hydroxylation sites is 1. The summed E-state index contributed by atoms with van der Waals surface area (Å²) in [5, 5.41) is 5.97. The Balaban J connectivity index is 1.55. The number of hydrogen-bond acceptors (Lipinski definition) is 5. The molecule has 1 atom stereocenters. The van der Waals surface area contributed by atoms with Gasteiger partial charge in [0.15, 0.2) is 0 Å². The van der Waals surface area contributed by atoms with Gasteiger partial charge in [-0.1, -0.05) is 18.2 Å². The molecule has 0 saturated carbocycles. The SMILES string of the molecule is COc1ccccc1CNC(=O)CN1CCN(C)[C@@]2(CCNC(=O)CC2)C1. The third kappa shape index (κ3) is 4.78.